The molecule has 3 N–H and O–H groups in total. The van der Waals surface area contributed by atoms with Crippen molar-refractivity contribution in [3.63, 3.8) is 0 Å². The van der Waals surface area contributed by atoms with Gasteiger partial charge in [0.2, 0.25) is 0 Å². The molecule has 0 unspecified atom stereocenters. The van der Waals surface area contributed by atoms with Crippen molar-refractivity contribution in [2.45, 2.75) is 31.8 Å². The van der Waals surface area contributed by atoms with Gasteiger partial charge in [-0.1, -0.05) is 4.49 Å². The van der Waals surface area contributed by atoms with Gasteiger partial charge in [0.25, 0.3) is 0 Å². The van der Waals surface area contributed by atoms with E-state index in [9.17, 15) is 0 Å². The molecule has 1 aliphatic rings. The van der Waals surface area contributed by atoms with Crippen LogP contribution in [0.25, 0.3) is 0 Å². The van der Waals surface area contributed by atoms with Crippen molar-refractivity contribution in [1.29, 1.82) is 0 Å². The van der Waals surface area contributed by atoms with Crippen LogP contribution in [0.15, 0.2) is 23.7 Å². The summed E-state index contributed by atoms with van der Waals surface area (Å²) >= 11 is 1.42. The van der Waals surface area contributed by atoms with Crippen LogP contribution >= 0.6 is 11.5 Å². The van der Waals surface area contributed by atoms with E-state index >= 15 is 0 Å². The maximum absolute atomic E-state index is 5.61. The van der Waals surface area contributed by atoms with E-state index < -0.39 is 0 Å². The first kappa shape index (κ1) is 14.2. The van der Waals surface area contributed by atoms with Gasteiger partial charge in [0, 0.05) is 24.5 Å². The third kappa shape index (κ3) is 4.12. The Balaban J connectivity index is 1.52. The second-order valence-electron chi connectivity index (χ2n) is 5.42. The third-order valence-electron chi connectivity index (χ3n) is 3.77. The van der Waals surface area contributed by atoms with Gasteiger partial charge >= 0.3 is 0 Å². The van der Waals surface area contributed by atoms with Crippen LogP contribution in [0.4, 0.5) is 11.5 Å². The minimum atomic E-state index is 0.494. The molecule has 3 heterocycles. The molecule has 2 aromatic heterocycles. The second-order valence-corrected chi connectivity index (χ2v) is 6.03. The molecule has 0 radical (unpaired) electrons. The predicted molar refractivity (Wildman–Crippen MR) is 85.1 cm³/mol. The van der Waals surface area contributed by atoms with Crippen LogP contribution in [0.2, 0.25) is 0 Å². The molecule has 0 aromatic carbocycles. The maximum atomic E-state index is 5.61. The number of nitrogens with zero attached hydrogens (tertiary/aromatic N) is 4. The Bertz CT molecular complexity index is 541. The van der Waals surface area contributed by atoms with Gasteiger partial charge in [-0.05, 0) is 49.5 Å². The molecule has 1 saturated heterocycles. The number of nitrogen functional groups attached to an aromatic ring is 1. The van der Waals surface area contributed by atoms with Gasteiger partial charge in [0.15, 0.2) is 0 Å². The number of pyridine rings is 1. The number of nitrogens with one attached hydrogen (secondary N) is 1. The molecule has 2 aromatic rings. The van der Waals surface area contributed by atoms with Gasteiger partial charge in [0.05, 0.1) is 17.6 Å². The average Bonchev–Trinajstić information content (AvgIpc) is 2.89. The lowest BCUT2D eigenvalue weighted by molar-refractivity contribution is 0.273. The molecular formula is C14H20N6S. The standard InChI is InChI=1S/C14H20N6S/c15-14-4-3-12(8-16-14)17-11-2-1-6-20(7-5-11)9-13-10-21-19-18-13/h3-4,8,10-11,17H,1-2,5-7,9H2,(H2,15,16)/t11-/m1/s1. The molecule has 0 saturated carbocycles. The summed E-state index contributed by atoms with van der Waals surface area (Å²) in [4.78, 5) is 6.58. The van der Waals surface area contributed by atoms with Crippen molar-refractivity contribution in [2.24, 2.45) is 0 Å². The SMILES string of the molecule is Nc1ccc(N[C@@H]2CCCN(Cc3csnn3)CC2)cn1. The Morgan fingerprint density at radius 2 is 2.29 bits per heavy atom. The third-order valence-corrected chi connectivity index (χ3v) is 4.32. The van der Waals surface area contributed by atoms with Gasteiger partial charge in [-0.2, -0.15) is 0 Å². The molecule has 6 nitrogen and oxygen atoms in total. The smallest absolute Gasteiger partial charge is 0.123 e. The Morgan fingerprint density at radius 1 is 1.33 bits per heavy atom. The number of likely N-dealkylation sites (tertiary alicyclic amines) is 1. The molecule has 21 heavy (non-hydrogen) atoms. The molecule has 3 rings (SSSR count). The van der Waals surface area contributed by atoms with Crippen molar-refractivity contribution < 1.29 is 0 Å². The van der Waals surface area contributed by atoms with E-state index in [1.807, 2.05) is 17.5 Å². The van der Waals surface area contributed by atoms with Gasteiger partial charge in [-0.3, -0.25) is 4.90 Å². The Kier molecular flexibility index (Phi) is 4.62. The van der Waals surface area contributed by atoms with Crippen molar-refractivity contribution in [3.05, 3.63) is 29.4 Å². The number of nitrogens with two attached hydrogens (primary N) is 1. The largest absolute Gasteiger partial charge is 0.384 e. The number of rotatable bonds is 4. The van der Waals surface area contributed by atoms with Gasteiger partial charge in [-0.15, -0.1) is 5.10 Å². The summed E-state index contributed by atoms with van der Waals surface area (Å²) in [5.74, 6) is 0.560. The molecule has 1 fully saturated rings. The molecule has 1 aliphatic heterocycles. The molecular weight excluding hydrogens is 284 g/mol. The lowest BCUT2D eigenvalue weighted by Gasteiger charge is -2.19. The van der Waals surface area contributed by atoms with Crippen LogP contribution in [0.5, 0.6) is 0 Å². The highest BCUT2D eigenvalue weighted by Gasteiger charge is 2.17. The predicted octanol–water partition coefficient (Wildman–Crippen LogP) is 1.98. The summed E-state index contributed by atoms with van der Waals surface area (Å²) in [7, 11) is 0. The minimum absolute atomic E-state index is 0.494. The molecule has 112 valence electrons. The van der Waals surface area contributed by atoms with Crippen LogP contribution < -0.4 is 11.1 Å². The molecule has 0 spiro atoms. The summed E-state index contributed by atoms with van der Waals surface area (Å²) in [5, 5.41) is 9.71. The lowest BCUT2D eigenvalue weighted by Crippen LogP contribution is -2.26. The highest BCUT2D eigenvalue weighted by molar-refractivity contribution is 7.03. The highest BCUT2D eigenvalue weighted by atomic mass is 32.1. The average molecular weight is 304 g/mol. The lowest BCUT2D eigenvalue weighted by atomic mass is 10.1. The van der Waals surface area contributed by atoms with E-state index in [0.29, 0.717) is 11.9 Å². The summed E-state index contributed by atoms with van der Waals surface area (Å²) in [5.41, 5.74) is 7.74. The molecule has 0 aliphatic carbocycles. The van der Waals surface area contributed by atoms with Crippen LogP contribution in [-0.2, 0) is 6.54 Å². The molecule has 0 amide bonds. The summed E-state index contributed by atoms with van der Waals surface area (Å²) in [6.07, 6.45) is 5.30. The van der Waals surface area contributed by atoms with Crippen LogP contribution in [-0.4, -0.2) is 38.6 Å². The van der Waals surface area contributed by atoms with Gasteiger partial charge < -0.3 is 11.1 Å². The number of anilines is 2. The van der Waals surface area contributed by atoms with Gasteiger partial charge in [-0.25, -0.2) is 4.98 Å². The van der Waals surface area contributed by atoms with E-state index in [1.54, 1.807) is 6.20 Å². The molecule has 1 atom stereocenters. The van der Waals surface area contributed by atoms with Crippen LogP contribution in [0.1, 0.15) is 25.0 Å². The van der Waals surface area contributed by atoms with Crippen LogP contribution in [0, 0.1) is 0 Å². The van der Waals surface area contributed by atoms with Crippen molar-refractivity contribution in [1.82, 2.24) is 19.5 Å². The highest BCUT2D eigenvalue weighted by Crippen LogP contribution is 2.18. The quantitative estimate of drug-likeness (QED) is 0.899. The number of hydrogen-bond donors (Lipinski definition) is 2. The van der Waals surface area contributed by atoms with Crippen LogP contribution in [0.3, 0.4) is 0 Å². The molecule has 0 bridgehead atoms. The fourth-order valence-electron chi connectivity index (χ4n) is 2.67. The van der Waals surface area contributed by atoms with Crippen molar-refractivity contribution >= 4 is 23.0 Å². The Labute approximate surface area is 128 Å². The number of aromatic nitrogens is 3. The van der Waals surface area contributed by atoms with E-state index in [2.05, 4.69) is 24.8 Å². The Morgan fingerprint density at radius 3 is 3.05 bits per heavy atom. The first-order chi connectivity index (χ1) is 10.3. The summed E-state index contributed by atoms with van der Waals surface area (Å²) < 4.78 is 3.92. The minimum Gasteiger partial charge on any atom is -0.384 e. The van der Waals surface area contributed by atoms with Crippen molar-refractivity contribution in [3.8, 4) is 0 Å². The van der Waals surface area contributed by atoms with E-state index in [0.717, 1.165) is 37.4 Å². The normalized spacial score (nSPS) is 20.1. The first-order valence-corrected chi connectivity index (χ1v) is 8.09. The topological polar surface area (TPSA) is 80.0 Å². The van der Waals surface area contributed by atoms with Crippen molar-refractivity contribution in [2.75, 3.05) is 24.1 Å². The van der Waals surface area contributed by atoms with E-state index in [4.69, 9.17) is 5.73 Å². The zero-order valence-electron chi connectivity index (χ0n) is 11.9. The molecule has 7 heteroatoms. The zero-order chi connectivity index (χ0) is 14.5. The maximum Gasteiger partial charge on any atom is 0.123 e. The summed E-state index contributed by atoms with van der Waals surface area (Å²) in [6.45, 7) is 3.11. The van der Waals surface area contributed by atoms with E-state index in [-0.39, 0.29) is 0 Å². The Hall–Kier alpha value is -1.73. The number of hydrogen-bond acceptors (Lipinski definition) is 7. The summed E-state index contributed by atoms with van der Waals surface area (Å²) in [6, 6.07) is 4.32. The fourth-order valence-corrected chi connectivity index (χ4v) is 3.11. The monoisotopic (exact) mass is 304 g/mol. The second kappa shape index (κ2) is 6.82. The van der Waals surface area contributed by atoms with E-state index in [1.165, 1.54) is 24.4 Å². The fraction of sp³-hybridized carbons (Fsp3) is 0.500. The zero-order valence-corrected chi connectivity index (χ0v) is 12.7. The van der Waals surface area contributed by atoms with Gasteiger partial charge in [0.1, 0.15) is 5.82 Å². The first-order valence-electron chi connectivity index (χ1n) is 7.26.